The van der Waals surface area contributed by atoms with Gasteiger partial charge in [-0.05, 0) is 24.5 Å². The number of halogens is 1. The van der Waals surface area contributed by atoms with Gasteiger partial charge in [-0.25, -0.2) is 9.11 Å². The summed E-state index contributed by atoms with van der Waals surface area (Å²) in [6.07, 6.45) is 0.671. The highest BCUT2D eigenvalue weighted by atomic mass is 32.2. The smallest absolute Gasteiger partial charge is 0.279 e. The molecule has 5 nitrogen and oxygen atoms in total. The van der Waals surface area contributed by atoms with Crippen molar-refractivity contribution in [1.82, 2.24) is 9.03 Å². The van der Waals surface area contributed by atoms with Crippen LogP contribution in [0.3, 0.4) is 0 Å². The number of aliphatic hydroxyl groups is 1. The van der Waals surface area contributed by atoms with E-state index >= 15 is 0 Å². The first-order valence-corrected chi connectivity index (χ1v) is 7.46. The molecule has 0 unspecified atom stereocenters. The van der Waals surface area contributed by atoms with Crippen LogP contribution in [0.15, 0.2) is 24.3 Å². The van der Waals surface area contributed by atoms with Crippen LogP contribution in [0.2, 0.25) is 0 Å². The molecule has 19 heavy (non-hydrogen) atoms. The van der Waals surface area contributed by atoms with E-state index in [4.69, 9.17) is 5.11 Å². The molecular weight excluding hydrogens is 271 g/mol. The zero-order chi connectivity index (χ0) is 14.3. The van der Waals surface area contributed by atoms with Crippen molar-refractivity contribution in [3.63, 3.8) is 0 Å². The van der Waals surface area contributed by atoms with Gasteiger partial charge in [0.05, 0.1) is 0 Å². The van der Waals surface area contributed by atoms with Crippen LogP contribution in [0.1, 0.15) is 12.0 Å². The Morgan fingerprint density at radius 1 is 1.37 bits per heavy atom. The zero-order valence-electron chi connectivity index (χ0n) is 10.8. The van der Waals surface area contributed by atoms with E-state index in [9.17, 15) is 12.8 Å². The van der Waals surface area contributed by atoms with Crippen molar-refractivity contribution in [1.29, 1.82) is 0 Å². The van der Waals surface area contributed by atoms with Gasteiger partial charge < -0.3 is 5.11 Å². The summed E-state index contributed by atoms with van der Waals surface area (Å²) < 4.78 is 40.3. The van der Waals surface area contributed by atoms with Crippen LogP contribution in [0, 0.1) is 5.82 Å². The molecule has 0 amide bonds. The van der Waals surface area contributed by atoms with Crippen molar-refractivity contribution in [2.45, 2.75) is 12.8 Å². The Labute approximate surface area is 113 Å². The number of nitrogens with one attached hydrogen (secondary N) is 1. The molecule has 7 heteroatoms. The van der Waals surface area contributed by atoms with Crippen molar-refractivity contribution in [3.05, 3.63) is 35.6 Å². The minimum Gasteiger partial charge on any atom is -0.396 e. The van der Waals surface area contributed by atoms with Crippen LogP contribution in [-0.2, 0) is 16.6 Å². The molecule has 108 valence electrons. The summed E-state index contributed by atoms with van der Waals surface area (Å²) >= 11 is 0. The average molecular weight is 290 g/mol. The van der Waals surface area contributed by atoms with Gasteiger partial charge in [0.2, 0.25) is 0 Å². The van der Waals surface area contributed by atoms with E-state index in [0.29, 0.717) is 18.4 Å². The first kappa shape index (κ1) is 16.0. The fourth-order valence-corrected chi connectivity index (χ4v) is 2.49. The van der Waals surface area contributed by atoms with Crippen LogP contribution in [0.5, 0.6) is 0 Å². The van der Waals surface area contributed by atoms with Gasteiger partial charge in [0.25, 0.3) is 10.2 Å². The predicted octanol–water partition coefficient (Wildman–Crippen LogP) is 0.517. The molecule has 0 radical (unpaired) electrons. The molecule has 0 atom stereocenters. The normalized spacial score (nSPS) is 12.0. The maximum absolute atomic E-state index is 13.3. The van der Waals surface area contributed by atoms with Gasteiger partial charge in [0, 0.05) is 26.7 Å². The molecule has 0 saturated carbocycles. The van der Waals surface area contributed by atoms with Gasteiger partial charge in [0.15, 0.2) is 0 Å². The maximum atomic E-state index is 13.3. The summed E-state index contributed by atoms with van der Waals surface area (Å²) in [6, 6.07) is 6.27. The van der Waals surface area contributed by atoms with Crippen LogP contribution in [-0.4, -0.2) is 44.6 Å². The molecule has 0 spiro atoms. The lowest BCUT2D eigenvalue weighted by Crippen LogP contribution is -2.39. The third kappa shape index (κ3) is 5.23. The molecule has 1 rings (SSSR count). The van der Waals surface area contributed by atoms with Crippen LogP contribution >= 0.6 is 0 Å². The summed E-state index contributed by atoms with van der Waals surface area (Å²) in [4.78, 5) is 0. The molecular formula is C12H19FN2O3S. The minimum absolute atomic E-state index is 0.0604. The Morgan fingerprint density at radius 3 is 2.68 bits per heavy atom. The quantitative estimate of drug-likeness (QED) is 0.733. The lowest BCUT2D eigenvalue weighted by molar-refractivity contribution is 0.275. The Bertz CT molecular complexity index is 494. The zero-order valence-corrected chi connectivity index (χ0v) is 11.7. The molecule has 0 aliphatic heterocycles. The lowest BCUT2D eigenvalue weighted by atomic mass is 10.1. The maximum Gasteiger partial charge on any atom is 0.279 e. The Balaban J connectivity index is 2.46. The van der Waals surface area contributed by atoms with E-state index in [1.54, 1.807) is 18.2 Å². The molecule has 0 aromatic heterocycles. The van der Waals surface area contributed by atoms with Gasteiger partial charge in [-0.3, -0.25) is 0 Å². The summed E-state index contributed by atoms with van der Waals surface area (Å²) in [5, 5.41) is 8.65. The van der Waals surface area contributed by atoms with Crippen molar-refractivity contribution in [2.24, 2.45) is 0 Å². The minimum atomic E-state index is -3.57. The molecule has 0 aliphatic rings. The molecule has 2 N–H and O–H groups in total. The van der Waals surface area contributed by atoms with Gasteiger partial charge in [-0.2, -0.15) is 12.7 Å². The van der Waals surface area contributed by atoms with Crippen LogP contribution in [0.4, 0.5) is 4.39 Å². The van der Waals surface area contributed by atoms with Crippen molar-refractivity contribution in [2.75, 3.05) is 26.7 Å². The Hall–Kier alpha value is -1.02. The largest absolute Gasteiger partial charge is 0.396 e. The van der Waals surface area contributed by atoms with Gasteiger partial charge in [-0.1, -0.05) is 18.2 Å². The summed E-state index contributed by atoms with van der Waals surface area (Å²) in [7, 11) is -2.13. The van der Waals surface area contributed by atoms with E-state index in [1.807, 2.05) is 0 Å². The van der Waals surface area contributed by atoms with Gasteiger partial charge in [0.1, 0.15) is 5.82 Å². The van der Waals surface area contributed by atoms with Gasteiger partial charge >= 0.3 is 0 Å². The fraction of sp³-hybridized carbons (Fsp3) is 0.500. The highest BCUT2D eigenvalue weighted by Gasteiger charge is 2.16. The topological polar surface area (TPSA) is 69.6 Å². The molecule has 0 bridgehead atoms. The molecule has 1 aromatic carbocycles. The number of nitrogens with zero attached hydrogens (tertiary/aromatic N) is 1. The number of rotatable bonds is 8. The molecule has 1 aromatic rings. The fourth-order valence-electron chi connectivity index (χ4n) is 1.54. The second-order valence-electron chi connectivity index (χ2n) is 4.14. The molecule has 0 heterocycles. The van der Waals surface area contributed by atoms with Crippen molar-refractivity contribution < 1.29 is 17.9 Å². The SMILES string of the molecule is CN(CCCO)S(=O)(=O)NCCc1ccccc1F. The molecule has 0 aliphatic carbocycles. The number of benzene rings is 1. The van der Waals surface area contributed by atoms with Crippen LogP contribution < -0.4 is 4.72 Å². The first-order chi connectivity index (χ1) is 8.97. The van der Waals surface area contributed by atoms with Crippen molar-refractivity contribution >= 4 is 10.2 Å². The molecule has 0 fully saturated rings. The predicted molar refractivity (Wildman–Crippen MR) is 71.4 cm³/mol. The highest BCUT2D eigenvalue weighted by molar-refractivity contribution is 7.87. The third-order valence-corrected chi connectivity index (χ3v) is 4.25. The van der Waals surface area contributed by atoms with E-state index < -0.39 is 10.2 Å². The Kier molecular flexibility index (Phi) is 6.36. The average Bonchev–Trinajstić information content (AvgIpc) is 2.38. The van der Waals surface area contributed by atoms with E-state index in [1.165, 1.54) is 13.1 Å². The third-order valence-electron chi connectivity index (χ3n) is 2.68. The number of aliphatic hydroxyl groups excluding tert-OH is 1. The molecule has 0 saturated heterocycles. The summed E-state index contributed by atoms with van der Waals surface area (Å²) in [5.41, 5.74) is 0.475. The number of hydrogen-bond donors (Lipinski definition) is 2. The van der Waals surface area contributed by atoms with Crippen LogP contribution in [0.25, 0.3) is 0 Å². The van der Waals surface area contributed by atoms with Gasteiger partial charge in [-0.15, -0.1) is 0 Å². The van der Waals surface area contributed by atoms with E-state index in [-0.39, 0.29) is 25.5 Å². The summed E-state index contributed by atoms with van der Waals surface area (Å²) in [5.74, 6) is -0.338. The van der Waals surface area contributed by atoms with E-state index in [0.717, 1.165) is 4.31 Å². The summed E-state index contributed by atoms with van der Waals surface area (Å²) in [6.45, 7) is 0.313. The standard InChI is InChI=1S/C12H19FN2O3S/c1-15(9-4-10-16)19(17,18)14-8-7-11-5-2-3-6-12(11)13/h2-3,5-6,14,16H,4,7-10H2,1H3. The number of hydrogen-bond acceptors (Lipinski definition) is 3. The van der Waals surface area contributed by atoms with E-state index in [2.05, 4.69) is 4.72 Å². The highest BCUT2D eigenvalue weighted by Crippen LogP contribution is 2.06. The second kappa shape index (κ2) is 7.54. The monoisotopic (exact) mass is 290 g/mol. The second-order valence-corrected chi connectivity index (χ2v) is 6.00. The van der Waals surface area contributed by atoms with Crippen molar-refractivity contribution in [3.8, 4) is 0 Å². The lowest BCUT2D eigenvalue weighted by Gasteiger charge is -2.17. The Morgan fingerprint density at radius 2 is 2.05 bits per heavy atom. The first-order valence-electron chi connectivity index (χ1n) is 6.02.